The third-order valence-electron chi connectivity index (χ3n) is 4.63. The Labute approximate surface area is 167 Å². The molecule has 0 unspecified atom stereocenters. The molecular formula is C20H23N3O4S. The number of hydrogen-bond acceptors (Lipinski definition) is 6. The van der Waals surface area contributed by atoms with E-state index in [2.05, 4.69) is 10.3 Å². The van der Waals surface area contributed by atoms with Gasteiger partial charge in [0.15, 0.2) is 5.78 Å². The highest BCUT2D eigenvalue weighted by molar-refractivity contribution is 8.00. The maximum absolute atomic E-state index is 12.4. The van der Waals surface area contributed by atoms with E-state index in [-0.39, 0.29) is 29.7 Å². The predicted molar refractivity (Wildman–Crippen MR) is 108 cm³/mol. The number of carbonyl (C=O) groups is 2. The van der Waals surface area contributed by atoms with Crippen molar-refractivity contribution in [2.75, 3.05) is 17.7 Å². The van der Waals surface area contributed by atoms with E-state index in [4.69, 9.17) is 5.11 Å². The van der Waals surface area contributed by atoms with Crippen molar-refractivity contribution in [3.05, 3.63) is 51.6 Å². The number of Topliss-reactive ketones (excluding diaryl/α,β-unsaturated/α-hetero) is 1. The summed E-state index contributed by atoms with van der Waals surface area (Å²) in [6.45, 7) is 1.97. The van der Waals surface area contributed by atoms with Gasteiger partial charge in [-0.25, -0.2) is 4.79 Å². The molecule has 0 bridgehead atoms. The summed E-state index contributed by atoms with van der Waals surface area (Å²) >= 11 is 1.26. The number of ketones is 1. The van der Waals surface area contributed by atoms with E-state index in [1.807, 2.05) is 0 Å². The molecule has 1 aromatic carbocycles. The Morgan fingerprint density at radius 1 is 1.32 bits per heavy atom. The van der Waals surface area contributed by atoms with Gasteiger partial charge in [-0.1, -0.05) is 23.9 Å². The van der Waals surface area contributed by atoms with Gasteiger partial charge in [-0.15, -0.1) is 0 Å². The van der Waals surface area contributed by atoms with E-state index < -0.39 is 0 Å². The number of nitrogens with zero attached hydrogens (tertiary/aromatic N) is 2. The first-order valence-electron chi connectivity index (χ1n) is 9.26. The summed E-state index contributed by atoms with van der Waals surface area (Å²) in [7, 11) is 0. The molecule has 148 valence electrons. The largest absolute Gasteiger partial charge is 0.396 e. The maximum Gasteiger partial charge on any atom is 0.348 e. The Bertz CT molecular complexity index is 955. The first kappa shape index (κ1) is 20.3. The summed E-state index contributed by atoms with van der Waals surface area (Å²) in [4.78, 5) is 40.3. The number of fused-ring (bicyclic) bond motifs is 1. The SMILES string of the molecule is CC(=O)c1cccc(NC(=O)CSc2nc(=O)n(CCCO)c3c2CCC3)c1. The summed E-state index contributed by atoms with van der Waals surface area (Å²) < 4.78 is 1.65. The first-order chi connectivity index (χ1) is 13.5. The second kappa shape index (κ2) is 9.16. The molecule has 0 saturated carbocycles. The lowest BCUT2D eigenvalue weighted by Crippen LogP contribution is -2.28. The Balaban J connectivity index is 1.69. The van der Waals surface area contributed by atoms with Gasteiger partial charge in [-0.05, 0) is 44.7 Å². The molecule has 2 N–H and O–H groups in total. The molecule has 0 saturated heterocycles. The Morgan fingerprint density at radius 2 is 2.14 bits per heavy atom. The molecule has 1 aromatic heterocycles. The number of rotatable bonds is 8. The molecule has 0 aliphatic heterocycles. The van der Waals surface area contributed by atoms with Crippen molar-refractivity contribution in [2.24, 2.45) is 0 Å². The number of hydrogen-bond donors (Lipinski definition) is 2. The van der Waals surface area contributed by atoms with Crippen LogP contribution in [0.4, 0.5) is 5.69 Å². The highest BCUT2D eigenvalue weighted by Gasteiger charge is 2.22. The van der Waals surface area contributed by atoms with Gasteiger partial charge in [0.05, 0.1) is 5.75 Å². The minimum Gasteiger partial charge on any atom is -0.396 e. The number of amides is 1. The van der Waals surface area contributed by atoms with Gasteiger partial charge in [0.25, 0.3) is 0 Å². The van der Waals surface area contributed by atoms with Crippen LogP contribution in [0, 0.1) is 0 Å². The first-order valence-corrected chi connectivity index (χ1v) is 10.2. The molecule has 1 aliphatic carbocycles. The number of aliphatic hydroxyl groups is 1. The molecule has 0 atom stereocenters. The summed E-state index contributed by atoms with van der Waals surface area (Å²) in [5.74, 6) is -0.153. The summed E-state index contributed by atoms with van der Waals surface area (Å²) in [6.07, 6.45) is 3.13. The topological polar surface area (TPSA) is 101 Å². The van der Waals surface area contributed by atoms with Crippen LogP contribution in [0.25, 0.3) is 0 Å². The molecule has 28 heavy (non-hydrogen) atoms. The van der Waals surface area contributed by atoms with Crippen LogP contribution in [-0.2, 0) is 24.2 Å². The van der Waals surface area contributed by atoms with E-state index in [9.17, 15) is 14.4 Å². The number of thioether (sulfide) groups is 1. The van der Waals surface area contributed by atoms with Crippen LogP contribution in [0.2, 0.25) is 0 Å². The zero-order chi connectivity index (χ0) is 20.1. The summed E-state index contributed by atoms with van der Waals surface area (Å²) in [5, 5.41) is 12.4. The Morgan fingerprint density at radius 3 is 2.89 bits per heavy atom. The Kier molecular flexibility index (Phi) is 6.64. The quantitative estimate of drug-likeness (QED) is 0.399. The molecule has 1 aliphatic rings. The van der Waals surface area contributed by atoms with Gasteiger partial charge in [-0.2, -0.15) is 4.98 Å². The lowest BCUT2D eigenvalue weighted by Gasteiger charge is -2.13. The van der Waals surface area contributed by atoms with Crippen LogP contribution in [0.5, 0.6) is 0 Å². The highest BCUT2D eigenvalue weighted by atomic mass is 32.2. The van der Waals surface area contributed by atoms with Gasteiger partial charge >= 0.3 is 5.69 Å². The Hall–Kier alpha value is -2.45. The molecule has 0 radical (unpaired) electrons. The lowest BCUT2D eigenvalue weighted by atomic mass is 10.1. The van der Waals surface area contributed by atoms with Crippen LogP contribution in [-0.4, -0.2) is 38.7 Å². The van der Waals surface area contributed by atoms with Crippen LogP contribution < -0.4 is 11.0 Å². The van der Waals surface area contributed by atoms with Gasteiger partial charge in [0.1, 0.15) is 5.03 Å². The minimum absolute atomic E-state index is 0.0305. The molecule has 3 rings (SSSR count). The smallest absolute Gasteiger partial charge is 0.348 e. The van der Waals surface area contributed by atoms with Crippen molar-refractivity contribution in [3.63, 3.8) is 0 Å². The van der Waals surface area contributed by atoms with Gasteiger partial charge in [0, 0.05) is 35.7 Å². The fourth-order valence-electron chi connectivity index (χ4n) is 3.31. The molecule has 8 heteroatoms. The van der Waals surface area contributed by atoms with Gasteiger partial charge in [0.2, 0.25) is 5.91 Å². The van der Waals surface area contributed by atoms with Crippen molar-refractivity contribution < 1.29 is 14.7 Å². The average molecular weight is 401 g/mol. The molecule has 1 heterocycles. The second-order valence-corrected chi connectivity index (χ2v) is 7.65. The monoisotopic (exact) mass is 401 g/mol. The summed E-state index contributed by atoms with van der Waals surface area (Å²) in [6, 6.07) is 6.79. The number of anilines is 1. The lowest BCUT2D eigenvalue weighted by molar-refractivity contribution is -0.113. The van der Waals surface area contributed by atoms with Crippen LogP contribution in [0.1, 0.15) is 41.4 Å². The molecule has 0 fully saturated rings. The van der Waals surface area contributed by atoms with Crippen LogP contribution in [0.15, 0.2) is 34.1 Å². The normalized spacial score (nSPS) is 12.6. The standard InChI is InChI=1S/C20H23N3O4S/c1-13(25)14-5-2-6-15(11-14)21-18(26)12-28-19-16-7-3-8-17(16)23(9-4-10-24)20(27)22-19/h2,5-6,11,24H,3-4,7-10,12H2,1H3,(H,21,26). The molecule has 2 aromatic rings. The highest BCUT2D eigenvalue weighted by Crippen LogP contribution is 2.29. The van der Waals surface area contributed by atoms with Crippen molar-refractivity contribution in [2.45, 2.75) is 44.2 Å². The van der Waals surface area contributed by atoms with Crippen LogP contribution >= 0.6 is 11.8 Å². The average Bonchev–Trinajstić information content (AvgIpc) is 3.15. The van der Waals surface area contributed by atoms with E-state index in [0.29, 0.717) is 29.2 Å². The molecular weight excluding hydrogens is 378 g/mol. The maximum atomic E-state index is 12.4. The number of aromatic nitrogens is 2. The van der Waals surface area contributed by atoms with E-state index >= 15 is 0 Å². The third-order valence-corrected chi connectivity index (χ3v) is 5.65. The fraction of sp³-hybridized carbons (Fsp3) is 0.400. The minimum atomic E-state index is -0.328. The van der Waals surface area contributed by atoms with Gasteiger partial charge < -0.3 is 10.4 Å². The fourth-order valence-corrected chi connectivity index (χ4v) is 4.19. The van der Waals surface area contributed by atoms with Crippen molar-refractivity contribution in [1.29, 1.82) is 0 Å². The number of benzene rings is 1. The summed E-state index contributed by atoms with van der Waals surface area (Å²) in [5.41, 5.74) is 2.79. The molecule has 7 nitrogen and oxygen atoms in total. The van der Waals surface area contributed by atoms with Crippen molar-refractivity contribution in [1.82, 2.24) is 9.55 Å². The van der Waals surface area contributed by atoms with E-state index in [0.717, 1.165) is 30.5 Å². The molecule has 1 amide bonds. The van der Waals surface area contributed by atoms with Crippen molar-refractivity contribution in [3.8, 4) is 0 Å². The zero-order valence-electron chi connectivity index (χ0n) is 15.7. The van der Waals surface area contributed by atoms with Gasteiger partial charge in [-0.3, -0.25) is 14.2 Å². The van der Waals surface area contributed by atoms with E-state index in [1.54, 1.807) is 28.8 Å². The predicted octanol–water partition coefficient (Wildman–Crippen LogP) is 2.05. The van der Waals surface area contributed by atoms with E-state index in [1.165, 1.54) is 18.7 Å². The second-order valence-electron chi connectivity index (χ2n) is 6.68. The zero-order valence-corrected chi connectivity index (χ0v) is 16.6. The number of nitrogens with one attached hydrogen (secondary N) is 1. The molecule has 0 spiro atoms. The number of carbonyl (C=O) groups excluding carboxylic acids is 2. The van der Waals surface area contributed by atoms with Crippen LogP contribution in [0.3, 0.4) is 0 Å². The third kappa shape index (κ3) is 4.69. The van der Waals surface area contributed by atoms with Crippen molar-refractivity contribution >= 4 is 29.1 Å². The number of aliphatic hydroxyl groups excluding tert-OH is 1.